The van der Waals surface area contributed by atoms with Gasteiger partial charge in [0.05, 0.1) is 4.88 Å². The largest absolute Gasteiger partial charge is 0.352 e. The first-order valence-corrected chi connectivity index (χ1v) is 10.3. The Morgan fingerprint density at radius 3 is 2.73 bits per heavy atom. The van der Waals surface area contributed by atoms with E-state index in [4.69, 9.17) is 0 Å². The quantitative estimate of drug-likeness (QED) is 0.785. The van der Waals surface area contributed by atoms with Gasteiger partial charge in [-0.15, -0.1) is 11.3 Å². The van der Waals surface area contributed by atoms with Crippen molar-refractivity contribution in [2.45, 2.75) is 32.1 Å². The molecule has 2 fully saturated rings. The van der Waals surface area contributed by atoms with Crippen LogP contribution in [-0.4, -0.2) is 18.4 Å². The standard InChI is InChI=1S/C21H24N2O2S/c24-20(22-9-8-16-12-14-6-7-15(16)11-14)17-3-1-4-18(13-17)23-21(25)19-5-2-10-26-19/h1-5,10,13-16H,6-9,11-12H2,(H,22,24)(H,23,25). The molecule has 4 nitrogen and oxygen atoms in total. The highest BCUT2D eigenvalue weighted by Crippen LogP contribution is 2.49. The molecule has 4 rings (SSSR count). The van der Waals surface area contributed by atoms with Crippen LogP contribution in [0.15, 0.2) is 41.8 Å². The van der Waals surface area contributed by atoms with Crippen LogP contribution in [0, 0.1) is 17.8 Å². The topological polar surface area (TPSA) is 58.2 Å². The number of fused-ring (bicyclic) bond motifs is 2. The number of hydrogen-bond donors (Lipinski definition) is 2. The Balaban J connectivity index is 1.29. The Hall–Kier alpha value is -2.14. The van der Waals surface area contributed by atoms with E-state index in [1.165, 1.54) is 37.0 Å². The number of anilines is 1. The molecule has 3 unspecified atom stereocenters. The Kier molecular flexibility index (Phi) is 5.07. The molecule has 136 valence electrons. The Morgan fingerprint density at radius 2 is 2.00 bits per heavy atom. The van der Waals surface area contributed by atoms with Gasteiger partial charge in [-0.25, -0.2) is 0 Å². The van der Waals surface area contributed by atoms with Crippen LogP contribution < -0.4 is 10.6 Å². The van der Waals surface area contributed by atoms with E-state index in [9.17, 15) is 9.59 Å². The van der Waals surface area contributed by atoms with Crippen LogP contribution >= 0.6 is 11.3 Å². The van der Waals surface area contributed by atoms with Gasteiger partial charge in [-0.2, -0.15) is 0 Å². The number of nitrogens with one attached hydrogen (secondary N) is 2. The third-order valence-corrected chi connectivity index (χ3v) is 6.68. The first-order chi connectivity index (χ1) is 12.7. The summed E-state index contributed by atoms with van der Waals surface area (Å²) in [5.74, 6) is 2.43. The maximum atomic E-state index is 12.4. The molecule has 5 heteroatoms. The maximum Gasteiger partial charge on any atom is 0.265 e. The van der Waals surface area contributed by atoms with Crippen molar-refractivity contribution in [1.29, 1.82) is 0 Å². The lowest BCUT2D eigenvalue weighted by Crippen LogP contribution is -2.27. The zero-order valence-electron chi connectivity index (χ0n) is 14.7. The maximum absolute atomic E-state index is 12.4. The van der Waals surface area contributed by atoms with E-state index >= 15 is 0 Å². The van der Waals surface area contributed by atoms with E-state index in [1.54, 1.807) is 30.3 Å². The van der Waals surface area contributed by atoms with Crippen LogP contribution in [0.4, 0.5) is 5.69 Å². The minimum Gasteiger partial charge on any atom is -0.352 e. The zero-order valence-corrected chi connectivity index (χ0v) is 15.6. The molecule has 2 amide bonds. The summed E-state index contributed by atoms with van der Waals surface area (Å²) in [6.45, 7) is 0.735. The van der Waals surface area contributed by atoms with Gasteiger partial charge in [0.2, 0.25) is 0 Å². The molecule has 2 aliphatic carbocycles. The number of carbonyl (C=O) groups excluding carboxylic acids is 2. The summed E-state index contributed by atoms with van der Waals surface area (Å²) < 4.78 is 0. The molecule has 1 aromatic heterocycles. The highest BCUT2D eigenvalue weighted by atomic mass is 32.1. The van der Waals surface area contributed by atoms with Gasteiger partial charge >= 0.3 is 0 Å². The molecule has 0 saturated heterocycles. The molecule has 2 aromatic rings. The third-order valence-electron chi connectivity index (χ3n) is 5.81. The monoisotopic (exact) mass is 368 g/mol. The number of benzene rings is 1. The second-order valence-corrected chi connectivity index (χ2v) is 8.44. The summed E-state index contributed by atoms with van der Waals surface area (Å²) in [6, 6.07) is 10.8. The van der Waals surface area contributed by atoms with Gasteiger partial charge < -0.3 is 10.6 Å². The molecule has 26 heavy (non-hydrogen) atoms. The first-order valence-electron chi connectivity index (χ1n) is 9.42. The predicted octanol–water partition coefficient (Wildman–Crippen LogP) is 4.56. The number of hydrogen-bond acceptors (Lipinski definition) is 3. The minimum atomic E-state index is -0.145. The van der Waals surface area contributed by atoms with Gasteiger partial charge in [0.1, 0.15) is 0 Å². The zero-order chi connectivity index (χ0) is 17.9. The van der Waals surface area contributed by atoms with Crippen molar-refractivity contribution in [3.63, 3.8) is 0 Å². The average molecular weight is 369 g/mol. The Morgan fingerprint density at radius 1 is 1.08 bits per heavy atom. The predicted molar refractivity (Wildman–Crippen MR) is 105 cm³/mol. The lowest BCUT2D eigenvalue weighted by molar-refractivity contribution is 0.0948. The van der Waals surface area contributed by atoms with Gasteiger partial charge in [0, 0.05) is 17.8 Å². The molecule has 1 aromatic carbocycles. The summed E-state index contributed by atoms with van der Waals surface area (Å²) in [5, 5.41) is 7.76. The van der Waals surface area contributed by atoms with Crippen LogP contribution in [-0.2, 0) is 0 Å². The lowest BCUT2D eigenvalue weighted by Gasteiger charge is -2.21. The summed E-state index contributed by atoms with van der Waals surface area (Å²) in [4.78, 5) is 25.2. The number of carbonyl (C=O) groups is 2. The second kappa shape index (κ2) is 7.62. The molecule has 2 saturated carbocycles. The second-order valence-electron chi connectivity index (χ2n) is 7.49. The summed E-state index contributed by atoms with van der Waals surface area (Å²) in [5.41, 5.74) is 1.23. The molecule has 0 aliphatic heterocycles. The summed E-state index contributed by atoms with van der Waals surface area (Å²) in [6.07, 6.45) is 6.64. The van der Waals surface area contributed by atoms with Crippen LogP contribution in [0.5, 0.6) is 0 Å². The summed E-state index contributed by atoms with van der Waals surface area (Å²) >= 11 is 1.40. The van der Waals surface area contributed by atoms with E-state index in [-0.39, 0.29) is 11.8 Å². The van der Waals surface area contributed by atoms with Crippen molar-refractivity contribution < 1.29 is 9.59 Å². The van der Waals surface area contributed by atoms with Crippen molar-refractivity contribution in [3.05, 3.63) is 52.2 Å². The van der Waals surface area contributed by atoms with Gasteiger partial charge in [-0.1, -0.05) is 18.6 Å². The summed E-state index contributed by atoms with van der Waals surface area (Å²) in [7, 11) is 0. The SMILES string of the molecule is O=C(NCCC1CC2CCC1C2)c1cccc(NC(=O)c2cccs2)c1. The van der Waals surface area contributed by atoms with E-state index in [0.717, 1.165) is 30.7 Å². The van der Waals surface area contributed by atoms with Crippen molar-refractivity contribution >= 4 is 28.8 Å². The highest BCUT2D eigenvalue weighted by Gasteiger charge is 2.38. The van der Waals surface area contributed by atoms with Gasteiger partial charge in [-0.3, -0.25) is 9.59 Å². The van der Waals surface area contributed by atoms with E-state index in [0.29, 0.717) is 16.1 Å². The third kappa shape index (κ3) is 3.83. The van der Waals surface area contributed by atoms with Gasteiger partial charge in [-0.05, 0) is 73.1 Å². The average Bonchev–Trinajstić information content (AvgIpc) is 3.40. The number of amides is 2. The highest BCUT2D eigenvalue weighted by molar-refractivity contribution is 7.12. The Bertz CT molecular complexity index is 787. The smallest absolute Gasteiger partial charge is 0.265 e. The fourth-order valence-electron chi connectivity index (χ4n) is 4.54. The first kappa shape index (κ1) is 17.3. The fraction of sp³-hybridized carbons (Fsp3) is 0.429. The van der Waals surface area contributed by atoms with Gasteiger partial charge in [0.15, 0.2) is 0 Å². The van der Waals surface area contributed by atoms with E-state index in [2.05, 4.69) is 10.6 Å². The fourth-order valence-corrected chi connectivity index (χ4v) is 5.16. The van der Waals surface area contributed by atoms with Gasteiger partial charge in [0.25, 0.3) is 11.8 Å². The lowest BCUT2D eigenvalue weighted by atomic mass is 9.86. The molecule has 2 bridgehead atoms. The molecule has 3 atom stereocenters. The normalized spacial score (nSPS) is 23.8. The molecule has 2 aliphatic rings. The van der Waals surface area contributed by atoms with Crippen molar-refractivity contribution in [3.8, 4) is 0 Å². The number of thiophene rings is 1. The van der Waals surface area contributed by atoms with E-state index < -0.39 is 0 Å². The Labute approximate surface area is 158 Å². The molecule has 0 spiro atoms. The molecule has 0 radical (unpaired) electrons. The minimum absolute atomic E-state index is 0.0691. The van der Waals surface area contributed by atoms with Crippen molar-refractivity contribution in [1.82, 2.24) is 5.32 Å². The van der Waals surface area contributed by atoms with Crippen molar-refractivity contribution in [2.75, 3.05) is 11.9 Å². The molecule has 2 N–H and O–H groups in total. The van der Waals surface area contributed by atoms with E-state index in [1.807, 2.05) is 11.4 Å². The molecular weight excluding hydrogens is 344 g/mol. The van der Waals surface area contributed by atoms with Crippen LogP contribution in [0.1, 0.15) is 52.1 Å². The molecular formula is C21H24N2O2S. The van der Waals surface area contributed by atoms with Crippen LogP contribution in [0.25, 0.3) is 0 Å². The van der Waals surface area contributed by atoms with Crippen LogP contribution in [0.3, 0.4) is 0 Å². The molecule has 1 heterocycles. The number of rotatable bonds is 6. The van der Waals surface area contributed by atoms with Crippen molar-refractivity contribution in [2.24, 2.45) is 17.8 Å². The van der Waals surface area contributed by atoms with Crippen LogP contribution in [0.2, 0.25) is 0 Å².